The first-order valence-corrected chi connectivity index (χ1v) is 9.99. The Labute approximate surface area is 179 Å². The summed E-state index contributed by atoms with van der Waals surface area (Å²) in [6.07, 6.45) is 9.03. The summed E-state index contributed by atoms with van der Waals surface area (Å²) in [7, 11) is 0. The van der Waals surface area contributed by atoms with Crippen LogP contribution >= 0.6 is 11.6 Å². The van der Waals surface area contributed by atoms with Crippen LogP contribution in [0, 0.1) is 5.92 Å². The lowest BCUT2D eigenvalue weighted by Crippen LogP contribution is -2.08. The molecule has 0 radical (unpaired) electrons. The molecule has 158 valence electrons. The molecule has 2 heterocycles. The lowest BCUT2D eigenvalue weighted by Gasteiger charge is -2.16. The van der Waals surface area contributed by atoms with Crippen molar-refractivity contribution in [3.8, 4) is 0 Å². The molecule has 0 fully saturated rings. The first-order valence-electron chi connectivity index (χ1n) is 9.61. The van der Waals surface area contributed by atoms with Gasteiger partial charge < -0.3 is 10.6 Å². The number of halogens is 3. The number of hydrogen-bond donors (Lipinski definition) is 3. The van der Waals surface area contributed by atoms with Crippen LogP contribution in [-0.2, 0) is 5.38 Å². The van der Waals surface area contributed by atoms with Crippen molar-refractivity contribution in [3.05, 3.63) is 77.9 Å². The monoisotopic (exact) mass is 431 g/mol. The molecule has 0 amide bonds. The van der Waals surface area contributed by atoms with Gasteiger partial charge in [0.1, 0.15) is 0 Å². The van der Waals surface area contributed by atoms with Gasteiger partial charge in [0.05, 0.1) is 12.0 Å². The largest absolute Gasteiger partial charge is 0.355 e. The lowest BCUT2D eigenvalue weighted by atomic mass is 9.94. The zero-order valence-corrected chi connectivity index (χ0v) is 17.4. The van der Waals surface area contributed by atoms with Crippen molar-refractivity contribution in [2.45, 2.75) is 25.1 Å². The second-order valence-corrected chi connectivity index (χ2v) is 7.69. The van der Waals surface area contributed by atoms with Gasteiger partial charge in [0.25, 0.3) is 0 Å². The van der Waals surface area contributed by atoms with E-state index in [0.29, 0.717) is 17.3 Å². The Morgan fingerprint density at radius 3 is 2.70 bits per heavy atom. The maximum Gasteiger partial charge on any atom is 0.348 e. The van der Waals surface area contributed by atoms with Gasteiger partial charge in [-0.05, 0) is 72.3 Å². The van der Waals surface area contributed by atoms with Crippen molar-refractivity contribution >= 4 is 29.2 Å². The molecule has 3 N–H and O–H groups in total. The fourth-order valence-corrected chi connectivity index (χ4v) is 3.22. The molecule has 3 rings (SSSR count). The number of nitrogens with one attached hydrogen (secondary N) is 3. The Hall–Kier alpha value is -2.93. The van der Waals surface area contributed by atoms with Gasteiger partial charge in [0.15, 0.2) is 0 Å². The zero-order chi connectivity index (χ0) is 21.6. The van der Waals surface area contributed by atoms with E-state index in [1.165, 1.54) is 12.1 Å². The van der Waals surface area contributed by atoms with Gasteiger partial charge in [-0.1, -0.05) is 13.5 Å². The molecular weight excluding hydrogens is 408 g/mol. The van der Waals surface area contributed by atoms with Gasteiger partial charge in [-0.2, -0.15) is 13.9 Å². The standard InChI is InChI=1S/C22H24ClF2N5/c1-15-7-9-26-14-27-13-18(12-17(11-15)21-8-10-28-30-21)16(2)29-20-5-3-19(4-6-20)22(23,24)25/h3-6,8,10,12-15,29H,2,7,9,11H2,1H3,(H,26,27)(H,28,30). The second-order valence-electron chi connectivity index (χ2n) is 7.22. The quantitative estimate of drug-likeness (QED) is 0.537. The zero-order valence-electron chi connectivity index (χ0n) is 16.6. The molecule has 0 saturated carbocycles. The fraction of sp³-hybridized carbons (Fsp3) is 0.273. The highest BCUT2D eigenvalue weighted by atomic mass is 35.5. The molecule has 1 aliphatic rings. The minimum absolute atomic E-state index is 0.261. The minimum atomic E-state index is -3.39. The summed E-state index contributed by atoms with van der Waals surface area (Å²) in [4.78, 5) is 4.37. The number of aliphatic imine (C=N–C) groups is 1. The molecule has 0 bridgehead atoms. The van der Waals surface area contributed by atoms with Crippen LogP contribution in [-0.4, -0.2) is 23.1 Å². The molecule has 1 aliphatic heterocycles. The highest BCUT2D eigenvalue weighted by molar-refractivity contribution is 6.21. The van der Waals surface area contributed by atoms with Crippen LogP contribution in [0.15, 0.2) is 71.6 Å². The van der Waals surface area contributed by atoms with Gasteiger partial charge in [0.2, 0.25) is 0 Å². The summed E-state index contributed by atoms with van der Waals surface area (Å²) in [6.45, 7) is 7.05. The van der Waals surface area contributed by atoms with Crippen LogP contribution in [0.3, 0.4) is 0 Å². The van der Waals surface area contributed by atoms with Crippen LogP contribution < -0.4 is 10.6 Å². The third-order valence-electron chi connectivity index (χ3n) is 4.76. The van der Waals surface area contributed by atoms with Gasteiger partial charge in [0, 0.05) is 41.5 Å². The Kier molecular flexibility index (Phi) is 7.05. The van der Waals surface area contributed by atoms with Crippen molar-refractivity contribution in [3.63, 3.8) is 0 Å². The molecule has 30 heavy (non-hydrogen) atoms. The average Bonchev–Trinajstić information content (AvgIpc) is 3.21. The molecule has 1 unspecified atom stereocenters. The van der Waals surface area contributed by atoms with E-state index in [9.17, 15) is 8.78 Å². The number of hydrogen-bond acceptors (Lipinski definition) is 4. The number of allylic oxidation sites excluding steroid dienone is 2. The number of H-pyrrole nitrogens is 1. The Morgan fingerprint density at radius 2 is 2.03 bits per heavy atom. The summed E-state index contributed by atoms with van der Waals surface area (Å²) < 4.78 is 26.4. The summed E-state index contributed by atoms with van der Waals surface area (Å²) >= 11 is 5.07. The van der Waals surface area contributed by atoms with Crippen LogP contribution in [0.25, 0.3) is 5.57 Å². The Balaban J connectivity index is 1.86. The van der Waals surface area contributed by atoms with E-state index in [1.54, 1.807) is 30.9 Å². The van der Waals surface area contributed by atoms with Gasteiger partial charge in [-0.15, -0.1) is 0 Å². The third kappa shape index (κ3) is 6.03. The van der Waals surface area contributed by atoms with Crippen molar-refractivity contribution in [2.24, 2.45) is 10.9 Å². The molecule has 1 aromatic carbocycles. The van der Waals surface area contributed by atoms with E-state index in [-0.39, 0.29) is 5.56 Å². The van der Waals surface area contributed by atoms with Crippen molar-refractivity contribution in [1.82, 2.24) is 15.5 Å². The number of nitrogens with zero attached hydrogens (tertiary/aromatic N) is 2. The highest BCUT2D eigenvalue weighted by Gasteiger charge is 2.27. The molecule has 1 aromatic heterocycles. The van der Waals surface area contributed by atoms with Gasteiger partial charge >= 0.3 is 5.38 Å². The van der Waals surface area contributed by atoms with Crippen LogP contribution in [0.5, 0.6) is 0 Å². The Morgan fingerprint density at radius 1 is 1.27 bits per heavy atom. The topological polar surface area (TPSA) is 65.1 Å². The normalized spacial score (nSPS) is 17.9. The number of benzene rings is 1. The average molecular weight is 432 g/mol. The predicted molar refractivity (Wildman–Crippen MR) is 118 cm³/mol. The maximum atomic E-state index is 13.2. The smallest absolute Gasteiger partial charge is 0.348 e. The summed E-state index contributed by atoms with van der Waals surface area (Å²) in [5.74, 6) is 0.432. The first-order chi connectivity index (χ1) is 14.3. The molecular formula is C22H24ClF2N5. The summed E-state index contributed by atoms with van der Waals surface area (Å²) in [6, 6.07) is 7.58. The minimum Gasteiger partial charge on any atom is -0.355 e. The summed E-state index contributed by atoms with van der Waals surface area (Å²) in [5.41, 5.74) is 3.79. The summed E-state index contributed by atoms with van der Waals surface area (Å²) in [5, 5.41) is 9.93. The van der Waals surface area contributed by atoms with Crippen molar-refractivity contribution < 1.29 is 8.78 Å². The molecule has 5 nitrogen and oxygen atoms in total. The number of anilines is 1. The van der Waals surface area contributed by atoms with E-state index >= 15 is 0 Å². The SMILES string of the molecule is C=C(Nc1ccc(C(F)(F)Cl)cc1)C1=CNC=NCCC(C)CC(c2ccn[nH]2)=C1. The highest BCUT2D eigenvalue weighted by Crippen LogP contribution is 2.33. The van der Waals surface area contributed by atoms with E-state index in [1.807, 2.05) is 12.1 Å². The lowest BCUT2D eigenvalue weighted by molar-refractivity contribution is 0.0951. The predicted octanol–water partition coefficient (Wildman–Crippen LogP) is 5.64. The number of alkyl halides is 3. The first kappa shape index (κ1) is 21.8. The van der Waals surface area contributed by atoms with Gasteiger partial charge in [-0.25, -0.2) is 0 Å². The van der Waals surface area contributed by atoms with Crippen LogP contribution in [0.4, 0.5) is 14.5 Å². The number of aromatic amines is 1. The maximum absolute atomic E-state index is 13.2. The van der Waals surface area contributed by atoms with Crippen molar-refractivity contribution in [1.29, 1.82) is 0 Å². The van der Waals surface area contributed by atoms with E-state index < -0.39 is 5.38 Å². The van der Waals surface area contributed by atoms with E-state index in [2.05, 4.69) is 39.3 Å². The van der Waals surface area contributed by atoms with E-state index in [0.717, 1.165) is 36.2 Å². The molecule has 1 atom stereocenters. The van der Waals surface area contributed by atoms with E-state index in [4.69, 9.17) is 11.6 Å². The van der Waals surface area contributed by atoms with Crippen molar-refractivity contribution in [2.75, 3.05) is 11.9 Å². The Bertz CT molecular complexity index is 941. The van der Waals surface area contributed by atoms with Crippen LogP contribution in [0.1, 0.15) is 31.0 Å². The molecule has 0 spiro atoms. The molecule has 2 aromatic rings. The fourth-order valence-electron chi connectivity index (χ4n) is 3.09. The molecule has 0 aliphatic carbocycles. The number of rotatable bonds is 5. The van der Waals surface area contributed by atoms with Crippen LogP contribution in [0.2, 0.25) is 0 Å². The molecule has 0 saturated heterocycles. The second kappa shape index (κ2) is 9.71. The van der Waals surface area contributed by atoms with Gasteiger partial charge in [-0.3, -0.25) is 10.1 Å². The number of aromatic nitrogens is 2. The molecule has 8 heteroatoms. The third-order valence-corrected chi connectivity index (χ3v) is 4.97.